The lowest BCUT2D eigenvalue weighted by Crippen LogP contribution is -2.25. The van der Waals surface area contributed by atoms with Gasteiger partial charge in [0.1, 0.15) is 6.33 Å². The van der Waals surface area contributed by atoms with Gasteiger partial charge in [-0.15, -0.1) is 0 Å². The molecule has 1 atom stereocenters. The third-order valence-electron chi connectivity index (χ3n) is 1.98. The van der Waals surface area contributed by atoms with Crippen molar-refractivity contribution < 1.29 is 0 Å². The van der Waals surface area contributed by atoms with Crippen molar-refractivity contribution in [2.45, 2.75) is 19.5 Å². The number of rotatable bonds is 2. The van der Waals surface area contributed by atoms with Gasteiger partial charge in [0.05, 0.1) is 19.1 Å². The van der Waals surface area contributed by atoms with Gasteiger partial charge in [-0.3, -0.25) is 9.69 Å². The van der Waals surface area contributed by atoms with Crippen LogP contribution in [-0.2, 0) is 13.6 Å². The first-order valence-corrected chi connectivity index (χ1v) is 4.24. The molecule has 0 radical (unpaired) electrons. The molecule has 0 bridgehead atoms. The summed E-state index contributed by atoms with van der Waals surface area (Å²) in [5, 5.41) is 14.0. The largest absolute Gasteiger partial charge is 0.266 e. The summed E-state index contributed by atoms with van der Waals surface area (Å²) < 4.78 is 1.69. The first-order chi connectivity index (χ1) is 6.25. The summed E-state index contributed by atoms with van der Waals surface area (Å²) in [4.78, 5) is 4.12. The molecule has 1 aromatic rings. The quantitative estimate of drug-likeness (QED) is 0.661. The van der Waals surface area contributed by atoms with Crippen molar-refractivity contribution in [2.24, 2.45) is 17.4 Å². The predicted octanol–water partition coefficient (Wildman–Crippen LogP) is 0.386. The summed E-state index contributed by atoms with van der Waals surface area (Å²) in [6.07, 6.45) is 1.69. The Kier molecular flexibility index (Phi) is 1.96. The fourth-order valence-corrected chi connectivity index (χ4v) is 1.21. The van der Waals surface area contributed by atoms with Crippen LogP contribution >= 0.6 is 0 Å². The van der Waals surface area contributed by atoms with Gasteiger partial charge in [-0.1, -0.05) is 5.22 Å². The van der Waals surface area contributed by atoms with Gasteiger partial charge in [0.25, 0.3) is 0 Å². The summed E-state index contributed by atoms with van der Waals surface area (Å²) in [5.41, 5.74) is 0. The normalized spacial score (nSPS) is 21.4. The van der Waals surface area contributed by atoms with Crippen LogP contribution < -0.4 is 0 Å². The maximum Gasteiger partial charge on any atom is 0.171 e. The molecule has 0 spiro atoms. The molecular weight excluding hydrogens is 168 g/mol. The molecular formula is C7H12N6. The van der Waals surface area contributed by atoms with E-state index in [0.717, 1.165) is 12.4 Å². The van der Waals surface area contributed by atoms with E-state index in [1.54, 1.807) is 11.0 Å². The minimum Gasteiger partial charge on any atom is -0.266 e. The summed E-state index contributed by atoms with van der Waals surface area (Å²) in [5.74, 6) is 0.787. The van der Waals surface area contributed by atoms with Crippen molar-refractivity contribution in [3.05, 3.63) is 12.2 Å². The van der Waals surface area contributed by atoms with E-state index in [0.29, 0.717) is 12.6 Å². The number of hydrogen-bond donors (Lipinski definition) is 0. The highest BCUT2D eigenvalue weighted by atomic mass is 15.6. The number of aryl methyl sites for hydroxylation is 1. The zero-order chi connectivity index (χ0) is 9.26. The van der Waals surface area contributed by atoms with Crippen molar-refractivity contribution >= 4 is 0 Å². The van der Waals surface area contributed by atoms with Gasteiger partial charge < -0.3 is 0 Å². The van der Waals surface area contributed by atoms with Gasteiger partial charge in [-0.2, -0.15) is 10.2 Å². The van der Waals surface area contributed by atoms with E-state index in [4.69, 9.17) is 0 Å². The number of aromatic nitrogens is 3. The van der Waals surface area contributed by atoms with E-state index in [1.807, 2.05) is 12.1 Å². The lowest BCUT2D eigenvalue weighted by Gasteiger charge is -2.15. The molecule has 13 heavy (non-hydrogen) atoms. The Balaban J connectivity index is 2.01. The van der Waals surface area contributed by atoms with E-state index in [1.165, 1.54) is 0 Å². The highest BCUT2D eigenvalue weighted by molar-refractivity contribution is 4.83. The zero-order valence-electron chi connectivity index (χ0n) is 7.75. The Bertz CT molecular complexity index is 317. The number of nitrogens with zero attached hydrogens (tertiary/aromatic N) is 6. The van der Waals surface area contributed by atoms with Crippen molar-refractivity contribution in [1.29, 1.82) is 0 Å². The molecule has 1 aliphatic heterocycles. The van der Waals surface area contributed by atoms with E-state index in [2.05, 4.69) is 27.3 Å². The highest BCUT2D eigenvalue weighted by Gasteiger charge is 2.18. The summed E-state index contributed by atoms with van der Waals surface area (Å²) in [7, 11) is 1.85. The zero-order valence-corrected chi connectivity index (χ0v) is 7.75. The van der Waals surface area contributed by atoms with Crippen LogP contribution in [0.15, 0.2) is 16.7 Å². The van der Waals surface area contributed by atoms with Gasteiger partial charge in [-0.05, 0) is 6.92 Å². The molecule has 70 valence electrons. The Labute approximate surface area is 76.3 Å². The molecule has 2 heterocycles. The first-order valence-electron chi connectivity index (χ1n) is 4.24. The van der Waals surface area contributed by atoms with E-state index >= 15 is 0 Å². The number of hydrogen-bond acceptors (Lipinski definition) is 5. The molecule has 6 nitrogen and oxygen atoms in total. The molecule has 0 saturated carbocycles. The molecule has 0 amide bonds. The van der Waals surface area contributed by atoms with Crippen molar-refractivity contribution in [2.75, 3.05) is 6.54 Å². The van der Waals surface area contributed by atoms with Crippen LogP contribution in [0.4, 0.5) is 0 Å². The van der Waals surface area contributed by atoms with Crippen LogP contribution in [0.5, 0.6) is 0 Å². The maximum absolute atomic E-state index is 4.17. The fourth-order valence-electron chi connectivity index (χ4n) is 1.21. The first kappa shape index (κ1) is 8.15. The molecule has 1 unspecified atom stereocenters. The minimum atomic E-state index is 0.365. The maximum atomic E-state index is 4.17. The lowest BCUT2D eigenvalue weighted by molar-refractivity contribution is 0.236. The van der Waals surface area contributed by atoms with Gasteiger partial charge in [-0.25, -0.2) is 4.98 Å². The molecule has 0 aromatic carbocycles. The molecule has 1 aromatic heterocycles. The average molecular weight is 180 g/mol. The summed E-state index contributed by atoms with van der Waals surface area (Å²) in [6, 6.07) is 0.365. The molecule has 0 aliphatic carbocycles. The predicted molar refractivity (Wildman–Crippen MR) is 45.7 cm³/mol. The third-order valence-corrected chi connectivity index (χ3v) is 1.98. The monoisotopic (exact) mass is 180 g/mol. The van der Waals surface area contributed by atoms with Crippen molar-refractivity contribution in [3.8, 4) is 0 Å². The fraction of sp³-hybridized carbons (Fsp3) is 0.714. The van der Waals surface area contributed by atoms with Gasteiger partial charge >= 0.3 is 0 Å². The molecule has 0 saturated heterocycles. The third kappa shape index (κ3) is 1.66. The van der Waals surface area contributed by atoms with Crippen LogP contribution in [0.25, 0.3) is 0 Å². The molecule has 2 rings (SSSR count). The second kappa shape index (κ2) is 3.12. The topological polar surface area (TPSA) is 58.7 Å². The Hall–Kier alpha value is -1.46. The second-order valence-electron chi connectivity index (χ2n) is 3.19. The molecule has 0 N–H and O–H groups in total. The van der Waals surface area contributed by atoms with Gasteiger partial charge in [0, 0.05) is 7.05 Å². The van der Waals surface area contributed by atoms with E-state index in [9.17, 15) is 0 Å². The smallest absolute Gasteiger partial charge is 0.171 e. The molecule has 0 fully saturated rings. The summed E-state index contributed by atoms with van der Waals surface area (Å²) >= 11 is 0. The van der Waals surface area contributed by atoms with Crippen LogP contribution in [-0.4, -0.2) is 32.4 Å². The summed E-state index contributed by atoms with van der Waals surface area (Å²) in [6.45, 7) is 3.50. The van der Waals surface area contributed by atoms with Crippen LogP contribution in [0.1, 0.15) is 12.7 Å². The van der Waals surface area contributed by atoms with E-state index in [-0.39, 0.29) is 0 Å². The van der Waals surface area contributed by atoms with Gasteiger partial charge in [0.15, 0.2) is 5.82 Å². The Morgan fingerprint density at radius 1 is 1.62 bits per heavy atom. The Morgan fingerprint density at radius 3 is 3.00 bits per heavy atom. The standard InChI is InChI=1S/C7H12N6/c1-6-3-9-11-13(6)4-7-8-5-12(2)10-7/h5-6H,3-4H2,1-2H3. The average Bonchev–Trinajstić information content (AvgIpc) is 2.64. The Morgan fingerprint density at radius 2 is 2.46 bits per heavy atom. The van der Waals surface area contributed by atoms with Gasteiger partial charge in [0.2, 0.25) is 0 Å². The molecule has 6 heteroatoms. The SMILES string of the molecule is CC1CN=NN1Cc1ncn(C)n1. The minimum absolute atomic E-state index is 0.365. The highest BCUT2D eigenvalue weighted by Crippen LogP contribution is 2.11. The lowest BCUT2D eigenvalue weighted by atomic mass is 10.3. The van der Waals surface area contributed by atoms with Crippen LogP contribution in [0.3, 0.4) is 0 Å². The van der Waals surface area contributed by atoms with Crippen LogP contribution in [0.2, 0.25) is 0 Å². The van der Waals surface area contributed by atoms with Crippen molar-refractivity contribution in [1.82, 2.24) is 19.8 Å². The van der Waals surface area contributed by atoms with E-state index < -0.39 is 0 Å². The molecule has 1 aliphatic rings. The second-order valence-corrected chi connectivity index (χ2v) is 3.19. The van der Waals surface area contributed by atoms with Crippen molar-refractivity contribution in [3.63, 3.8) is 0 Å². The van der Waals surface area contributed by atoms with Crippen LogP contribution in [0, 0.1) is 0 Å².